The molecule has 4 rings (SSSR count). The maximum atomic E-state index is 13.3. The lowest BCUT2D eigenvalue weighted by Gasteiger charge is -2.26. The summed E-state index contributed by atoms with van der Waals surface area (Å²) in [6.45, 7) is 7.62. The van der Waals surface area contributed by atoms with Crippen LogP contribution in [-0.2, 0) is 9.59 Å². The summed E-state index contributed by atoms with van der Waals surface area (Å²) < 4.78 is 0. The lowest BCUT2D eigenvalue weighted by atomic mass is 9.93. The molecule has 2 N–H and O–H groups in total. The Morgan fingerprint density at radius 2 is 1.58 bits per heavy atom. The summed E-state index contributed by atoms with van der Waals surface area (Å²) in [5, 5.41) is 21.3. The van der Waals surface area contributed by atoms with Crippen molar-refractivity contribution in [3.63, 3.8) is 0 Å². The summed E-state index contributed by atoms with van der Waals surface area (Å²) in [6.07, 6.45) is 0. The van der Waals surface area contributed by atoms with Crippen molar-refractivity contribution in [2.45, 2.75) is 33.7 Å². The Bertz CT molecular complexity index is 1340. The van der Waals surface area contributed by atoms with Gasteiger partial charge in [-0.05, 0) is 80.3 Å². The number of aryl methyl sites for hydroxylation is 4. The van der Waals surface area contributed by atoms with Gasteiger partial charge in [0.1, 0.15) is 11.5 Å². The van der Waals surface area contributed by atoms with E-state index in [2.05, 4.69) is 0 Å². The molecule has 5 nitrogen and oxygen atoms in total. The zero-order chi connectivity index (χ0) is 24.0. The molecule has 1 fully saturated rings. The molecule has 0 saturated carbocycles. The van der Waals surface area contributed by atoms with Gasteiger partial charge in [-0.1, -0.05) is 41.4 Å². The predicted molar refractivity (Wildman–Crippen MR) is 130 cm³/mol. The number of phenols is 1. The van der Waals surface area contributed by atoms with E-state index in [1.807, 2.05) is 52.0 Å². The highest BCUT2D eigenvalue weighted by Gasteiger charge is 2.47. The smallest absolute Gasteiger partial charge is 0.300 e. The fourth-order valence-electron chi connectivity index (χ4n) is 4.12. The number of ketones is 1. The molecular formula is C27H24ClNO4. The van der Waals surface area contributed by atoms with Crippen molar-refractivity contribution in [2.75, 3.05) is 4.90 Å². The number of carbonyl (C=O) groups is 2. The van der Waals surface area contributed by atoms with Crippen LogP contribution < -0.4 is 4.90 Å². The highest BCUT2D eigenvalue weighted by Crippen LogP contribution is 2.44. The van der Waals surface area contributed by atoms with Crippen molar-refractivity contribution in [1.29, 1.82) is 0 Å². The van der Waals surface area contributed by atoms with E-state index in [-0.39, 0.29) is 22.1 Å². The number of amides is 1. The van der Waals surface area contributed by atoms with Crippen molar-refractivity contribution in [3.05, 3.63) is 98.6 Å². The van der Waals surface area contributed by atoms with Gasteiger partial charge in [0.2, 0.25) is 0 Å². The molecule has 0 aromatic heterocycles. The number of benzene rings is 3. The van der Waals surface area contributed by atoms with Gasteiger partial charge in [0, 0.05) is 11.3 Å². The Hall–Kier alpha value is -3.57. The first-order chi connectivity index (χ1) is 15.6. The number of anilines is 1. The number of rotatable bonds is 3. The van der Waals surface area contributed by atoms with E-state index in [1.54, 1.807) is 18.2 Å². The highest BCUT2D eigenvalue weighted by molar-refractivity contribution is 6.51. The van der Waals surface area contributed by atoms with Crippen LogP contribution in [0.3, 0.4) is 0 Å². The summed E-state index contributed by atoms with van der Waals surface area (Å²) in [5.41, 5.74) is 5.21. The summed E-state index contributed by atoms with van der Waals surface area (Å²) >= 11 is 6.18. The first-order valence-corrected chi connectivity index (χ1v) is 10.9. The lowest BCUT2D eigenvalue weighted by molar-refractivity contribution is -0.132. The van der Waals surface area contributed by atoms with Crippen LogP contribution in [0.5, 0.6) is 5.75 Å². The van der Waals surface area contributed by atoms with E-state index in [9.17, 15) is 19.8 Å². The molecule has 0 bridgehead atoms. The fourth-order valence-corrected chi connectivity index (χ4v) is 4.31. The normalized spacial score (nSPS) is 17.6. The number of hydrogen-bond acceptors (Lipinski definition) is 4. The third kappa shape index (κ3) is 3.89. The number of Topliss-reactive ketones (excluding diaryl/α,β-unsaturated/α-hetero) is 1. The highest BCUT2D eigenvalue weighted by atomic mass is 35.5. The quantitative estimate of drug-likeness (QED) is 0.289. The van der Waals surface area contributed by atoms with E-state index < -0.39 is 17.7 Å². The van der Waals surface area contributed by atoms with E-state index in [0.29, 0.717) is 16.8 Å². The lowest BCUT2D eigenvalue weighted by Crippen LogP contribution is -2.29. The summed E-state index contributed by atoms with van der Waals surface area (Å²) in [7, 11) is 0. The molecule has 0 aliphatic carbocycles. The number of phenolic OH excluding ortho intramolecular Hbond substituents is 1. The molecule has 1 heterocycles. The van der Waals surface area contributed by atoms with Crippen molar-refractivity contribution in [1.82, 2.24) is 0 Å². The molecule has 1 aliphatic rings. The van der Waals surface area contributed by atoms with Crippen molar-refractivity contribution >= 4 is 34.7 Å². The Labute approximate surface area is 197 Å². The summed E-state index contributed by atoms with van der Waals surface area (Å²) in [6, 6.07) is 14.7. The van der Waals surface area contributed by atoms with Gasteiger partial charge in [0.15, 0.2) is 0 Å². The largest absolute Gasteiger partial charge is 0.507 e. The van der Waals surface area contributed by atoms with Crippen molar-refractivity contribution in [2.24, 2.45) is 0 Å². The fraction of sp³-hybridized carbons (Fsp3) is 0.185. The number of aliphatic hydroxyl groups excluding tert-OH is 1. The van der Waals surface area contributed by atoms with E-state index in [4.69, 9.17) is 11.6 Å². The van der Waals surface area contributed by atoms with Gasteiger partial charge in [-0.25, -0.2) is 0 Å². The van der Waals surface area contributed by atoms with Gasteiger partial charge in [-0.3, -0.25) is 14.5 Å². The van der Waals surface area contributed by atoms with E-state index in [0.717, 1.165) is 22.3 Å². The predicted octanol–water partition coefficient (Wildman–Crippen LogP) is 5.91. The van der Waals surface area contributed by atoms with E-state index in [1.165, 1.54) is 17.0 Å². The Balaban J connectivity index is 2.01. The average molecular weight is 462 g/mol. The SMILES string of the molecule is Cc1ccc(C)c(/C(O)=C2\C(=O)C(=O)N(c3ccc(C)c(C)c3)C2c2ccc(O)c(Cl)c2)c1. The van der Waals surface area contributed by atoms with Crippen LogP contribution in [0.1, 0.15) is 39.4 Å². The van der Waals surface area contributed by atoms with Crippen molar-refractivity contribution in [3.8, 4) is 5.75 Å². The number of carbonyl (C=O) groups excluding carboxylic acids is 2. The average Bonchev–Trinajstić information content (AvgIpc) is 3.04. The minimum absolute atomic E-state index is 0.0197. The second-order valence-electron chi connectivity index (χ2n) is 8.47. The van der Waals surface area contributed by atoms with Crippen LogP contribution in [0, 0.1) is 27.7 Å². The van der Waals surface area contributed by atoms with Gasteiger partial charge in [0.05, 0.1) is 16.6 Å². The van der Waals surface area contributed by atoms with Crippen LogP contribution in [0.4, 0.5) is 5.69 Å². The molecule has 1 unspecified atom stereocenters. The van der Waals surface area contributed by atoms with Gasteiger partial charge < -0.3 is 10.2 Å². The molecule has 168 valence electrons. The first kappa shape index (κ1) is 22.6. The third-order valence-electron chi connectivity index (χ3n) is 6.15. The standard InChI is InChI=1S/C27H24ClNO4/c1-14-5-6-16(3)20(11-14)25(31)23-24(18-8-10-22(30)21(28)13-18)29(27(33)26(23)32)19-9-7-15(2)17(4)12-19/h5-13,24,30-31H,1-4H3/b25-23+. The van der Waals surface area contributed by atoms with Gasteiger partial charge in [-0.15, -0.1) is 0 Å². The number of hydrogen-bond donors (Lipinski definition) is 2. The molecule has 3 aromatic rings. The molecule has 0 spiro atoms. The van der Waals surface area contributed by atoms with Gasteiger partial charge in [-0.2, -0.15) is 0 Å². The monoisotopic (exact) mass is 461 g/mol. The number of nitrogens with zero attached hydrogens (tertiary/aromatic N) is 1. The second kappa shape index (κ2) is 8.41. The molecule has 1 saturated heterocycles. The molecule has 1 atom stereocenters. The number of aromatic hydroxyl groups is 1. The maximum Gasteiger partial charge on any atom is 0.300 e. The van der Waals surface area contributed by atoms with Crippen molar-refractivity contribution < 1.29 is 19.8 Å². The van der Waals surface area contributed by atoms with Gasteiger partial charge >= 0.3 is 0 Å². The summed E-state index contributed by atoms with van der Waals surface area (Å²) in [5.74, 6) is -1.87. The van der Waals surface area contributed by atoms with Crippen LogP contribution in [0.25, 0.3) is 5.76 Å². The molecule has 33 heavy (non-hydrogen) atoms. The minimum atomic E-state index is -0.912. The zero-order valence-electron chi connectivity index (χ0n) is 18.8. The number of halogens is 1. The molecule has 1 amide bonds. The Morgan fingerprint density at radius 3 is 2.24 bits per heavy atom. The molecule has 6 heteroatoms. The molecule has 1 aliphatic heterocycles. The zero-order valence-corrected chi connectivity index (χ0v) is 19.6. The Morgan fingerprint density at radius 1 is 0.879 bits per heavy atom. The van der Waals surface area contributed by atoms with Crippen LogP contribution in [0.15, 0.2) is 60.2 Å². The summed E-state index contributed by atoms with van der Waals surface area (Å²) in [4.78, 5) is 28.0. The number of aliphatic hydroxyl groups is 1. The van der Waals surface area contributed by atoms with Gasteiger partial charge in [0.25, 0.3) is 11.7 Å². The second-order valence-corrected chi connectivity index (χ2v) is 8.87. The minimum Gasteiger partial charge on any atom is -0.507 e. The van der Waals surface area contributed by atoms with Crippen LogP contribution in [-0.4, -0.2) is 21.9 Å². The molecule has 0 radical (unpaired) electrons. The van der Waals surface area contributed by atoms with Crippen LogP contribution >= 0.6 is 11.6 Å². The maximum absolute atomic E-state index is 13.3. The van der Waals surface area contributed by atoms with E-state index >= 15 is 0 Å². The first-order valence-electron chi connectivity index (χ1n) is 10.5. The topological polar surface area (TPSA) is 77.8 Å². The third-order valence-corrected chi connectivity index (χ3v) is 6.45. The molecule has 3 aromatic carbocycles. The Kier molecular flexibility index (Phi) is 5.76. The molecular weight excluding hydrogens is 438 g/mol. The van der Waals surface area contributed by atoms with Crippen LogP contribution in [0.2, 0.25) is 5.02 Å².